The van der Waals surface area contributed by atoms with Gasteiger partial charge < -0.3 is 20.7 Å². The van der Waals surface area contributed by atoms with Crippen LogP contribution in [0.5, 0.6) is 5.75 Å². The number of hydrogen-bond donors (Lipinski definition) is 4. The van der Waals surface area contributed by atoms with Crippen molar-refractivity contribution in [2.24, 2.45) is 0 Å². The lowest BCUT2D eigenvalue weighted by molar-refractivity contribution is 0.0933. The van der Waals surface area contributed by atoms with Crippen molar-refractivity contribution in [3.63, 3.8) is 0 Å². The average molecular weight is 779 g/mol. The van der Waals surface area contributed by atoms with E-state index in [0.29, 0.717) is 54.9 Å². The Morgan fingerprint density at radius 2 is 1.74 bits per heavy atom. The summed E-state index contributed by atoms with van der Waals surface area (Å²) >= 11 is 0. The topological polar surface area (TPSA) is 151 Å². The lowest BCUT2D eigenvalue weighted by Crippen LogP contribution is -2.41. The van der Waals surface area contributed by atoms with Gasteiger partial charge in [-0.1, -0.05) is 62.7 Å². The van der Waals surface area contributed by atoms with Crippen LogP contribution in [0.3, 0.4) is 0 Å². The van der Waals surface area contributed by atoms with E-state index in [4.69, 9.17) is 9.84 Å². The number of ether oxygens (including phenoxy) is 1. The molecule has 1 aliphatic rings. The number of amides is 3. The second-order valence-corrected chi connectivity index (χ2v) is 15.2. The number of carbonyl (C=O) groups is 2. The maximum Gasteiger partial charge on any atom is 0.324 e. The molecule has 302 valence electrons. The van der Waals surface area contributed by atoms with E-state index in [-0.39, 0.29) is 29.3 Å². The van der Waals surface area contributed by atoms with Gasteiger partial charge in [0.15, 0.2) is 0 Å². The third-order valence-electron chi connectivity index (χ3n) is 9.65. The Morgan fingerprint density at radius 3 is 2.49 bits per heavy atom. The van der Waals surface area contributed by atoms with Gasteiger partial charge in [-0.2, -0.15) is 5.10 Å². The van der Waals surface area contributed by atoms with Crippen LogP contribution in [-0.2, 0) is 12.0 Å². The molecule has 7 rings (SSSR count). The lowest BCUT2D eigenvalue weighted by Gasteiger charge is -2.28. The number of aryl methyl sites for hydroxylation is 1. The fraction of sp³-hybridized carbons (Fsp3) is 0.302. The molecule has 4 heterocycles. The monoisotopic (exact) mass is 778 g/mol. The smallest absolute Gasteiger partial charge is 0.324 e. The van der Waals surface area contributed by atoms with Crippen molar-refractivity contribution in [2.45, 2.75) is 58.7 Å². The Kier molecular flexibility index (Phi) is 11.7. The zero-order chi connectivity index (χ0) is 39.9. The van der Waals surface area contributed by atoms with Gasteiger partial charge in [-0.25, -0.2) is 28.8 Å². The number of rotatable bonds is 12. The van der Waals surface area contributed by atoms with Crippen LogP contribution in [0.1, 0.15) is 66.6 Å². The normalized spacial score (nSPS) is 14.6. The van der Waals surface area contributed by atoms with E-state index < -0.39 is 12.2 Å². The van der Waals surface area contributed by atoms with Crippen molar-refractivity contribution in [2.75, 3.05) is 42.1 Å². The van der Waals surface area contributed by atoms with Gasteiger partial charge in [-0.15, -0.1) is 0 Å². The Labute approximate surface area is 337 Å². The van der Waals surface area contributed by atoms with Crippen LogP contribution in [-0.4, -0.2) is 73.9 Å². The predicted molar refractivity (Wildman–Crippen MR) is 229 cm³/mol. The number of alkyl halides is 1. The third-order valence-corrected chi connectivity index (χ3v) is 9.65. The molecule has 1 atom stereocenters. The van der Waals surface area contributed by atoms with Gasteiger partial charge in [0, 0.05) is 53.8 Å². The molecule has 0 spiro atoms. The van der Waals surface area contributed by atoms with Crippen molar-refractivity contribution >= 4 is 45.9 Å². The summed E-state index contributed by atoms with van der Waals surface area (Å²) in [5.74, 6) is 1.83. The molecule has 0 aliphatic carbocycles. The van der Waals surface area contributed by atoms with Crippen LogP contribution in [0.2, 0.25) is 0 Å². The van der Waals surface area contributed by atoms with Gasteiger partial charge in [-0.3, -0.25) is 15.0 Å². The predicted octanol–water partition coefficient (Wildman–Crippen LogP) is 8.93. The quantitative estimate of drug-likeness (QED) is 0.0955. The first-order valence-corrected chi connectivity index (χ1v) is 19.1. The number of benzene rings is 3. The summed E-state index contributed by atoms with van der Waals surface area (Å²) in [6.07, 6.45) is 5.18. The summed E-state index contributed by atoms with van der Waals surface area (Å²) in [6, 6.07) is 24.6. The molecular formula is C43H55FN10O3. The molecule has 57 heavy (non-hydrogen) atoms. The number of piperidine rings is 1. The van der Waals surface area contributed by atoms with Crippen LogP contribution in [0, 0.1) is 6.92 Å². The highest BCUT2D eigenvalue weighted by atomic mass is 19.1. The summed E-state index contributed by atoms with van der Waals surface area (Å²) in [6.45, 7) is 10.8. The number of urea groups is 1. The molecule has 0 radical (unpaired) electrons. The maximum atomic E-state index is 13.6. The summed E-state index contributed by atoms with van der Waals surface area (Å²) in [4.78, 5) is 41.1. The van der Waals surface area contributed by atoms with Gasteiger partial charge in [0.2, 0.25) is 0 Å². The van der Waals surface area contributed by atoms with E-state index >= 15 is 0 Å². The molecule has 14 heteroatoms. The fourth-order valence-electron chi connectivity index (χ4n) is 6.55. The minimum atomic E-state index is -0.802. The summed E-state index contributed by atoms with van der Waals surface area (Å²) < 4.78 is 21.7. The number of aromatic nitrogens is 5. The number of carbonyl (C=O) groups excluding carboxylic acids is 2. The van der Waals surface area contributed by atoms with E-state index in [1.54, 1.807) is 10.9 Å². The molecule has 3 aromatic heterocycles. The van der Waals surface area contributed by atoms with Crippen LogP contribution in [0.4, 0.5) is 32.3 Å². The zero-order valence-electron chi connectivity index (χ0n) is 32.6. The maximum absolute atomic E-state index is 13.6. The molecular weight excluding hydrogens is 724 g/mol. The third kappa shape index (κ3) is 9.89. The number of fused-ring (bicyclic) bond motifs is 1. The lowest BCUT2D eigenvalue weighted by atomic mass is 9.92. The highest BCUT2D eigenvalue weighted by Gasteiger charge is 2.22. The highest BCUT2D eigenvalue weighted by molar-refractivity contribution is 6.07. The molecule has 1 unspecified atom stereocenters. The number of nitrogens with zero attached hydrogens (tertiary/aromatic N) is 6. The summed E-state index contributed by atoms with van der Waals surface area (Å²) in [5.41, 5.74) is 4.28. The van der Waals surface area contributed by atoms with Gasteiger partial charge in [0.1, 0.15) is 41.7 Å². The second kappa shape index (κ2) is 17.2. The molecule has 0 bridgehead atoms. The van der Waals surface area contributed by atoms with Crippen molar-refractivity contribution in [1.29, 1.82) is 0 Å². The Morgan fingerprint density at radius 1 is 0.930 bits per heavy atom. The molecule has 0 saturated carbocycles. The minimum absolute atomic E-state index is 0. The molecule has 3 aromatic carbocycles. The SMILES string of the molecule is Cc1ccc(-n2nc(C(C)(C)C)cc2NC(=O)Nc2ccc(OCc3ccnc(Nc4cnc(C(=O)NCCN5CCCC(F)C5)cn4)c3)c3ccccc23)cc1.[HH].[HH].[HH].[HH]. The number of halogens is 1. The van der Waals surface area contributed by atoms with E-state index in [9.17, 15) is 14.0 Å². The van der Waals surface area contributed by atoms with Gasteiger partial charge >= 0.3 is 6.03 Å². The van der Waals surface area contributed by atoms with E-state index in [1.165, 1.54) is 12.4 Å². The van der Waals surface area contributed by atoms with Crippen LogP contribution in [0.25, 0.3) is 16.5 Å². The zero-order valence-corrected chi connectivity index (χ0v) is 32.6. The second-order valence-electron chi connectivity index (χ2n) is 15.2. The number of likely N-dealkylation sites (tertiary alicyclic amines) is 1. The molecule has 1 fully saturated rings. The van der Waals surface area contributed by atoms with Crippen LogP contribution in [0.15, 0.2) is 97.5 Å². The fourth-order valence-corrected chi connectivity index (χ4v) is 6.55. The van der Waals surface area contributed by atoms with Crippen molar-refractivity contribution in [3.8, 4) is 11.4 Å². The Hall–Kier alpha value is -6.41. The number of nitrogens with one attached hydrogen (secondary N) is 4. The molecule has 13 nitrogen and oxygen atoms in total. The van der Waals surface area contributed by atoms with Crippen molar-refractivity contribution < 1.29 is 24.4 Å². The Bertz CT molecular complexity index is 2360. The molecule has 1 aliphatic heterocycles. The molecule has 6 aromatic rings. The van der Waals surface area contributed by atoms with E-state index in [0.717, 1.165) is 46.2 Å². The summed E-state index contributed by atoms with van der Waals surface area (Å²) in [7, 11) is 0. The van der Waals surface area contributed by atoms with E-state index in [1.807, 2.05) is 90.7 Å². The average Bonchev–Trinajstić information content (AvgIpc) is 3.62. The Balaban J connectivity index is 0.00000248. The van der Waals surface area contributed by atoms with Gasteiger partial charge in [0.05, 0.1) is 29.5 Å². The van der Waals surface area contributed by atoms with Crippen LogP contribution < -0.4 is 26.0 Å². The first-order chi connectivity index (χ1) is 27.5. The van der Waals surface area contributed by atoms with E-state index in [2.05, 4.69) is 57.0 Å². The molecule has 1 saturated heterocycles. The number of hydrogen-bond acceptors (Lipinski definition) is 9. The van der Waals surface area contributed by atoms with Crippen LogP contribution >= 0.6 is 0 Å². The van der Waals surface area contributed by atoms with Crippen molar-refractivity contribution in [3.05, 3.63) is 120 Å². The largest absolute Gasteiger partial charge is 0.488 e. The number of pyridine rings is 1. The van der Waals surface area contributed by atoms with Gasteiger partial charge in [0.25, 0.3) is 5.91 Å². The first-order valence-electron chi connectivity index (χ1n) is 19.1. The molecule has 4 N–H and O–H groups in total. The number of anilines is 4. The van der Waals surface area contributed by atoms with Gasteiger partial charge in [-0.05, 0) is 68.3 Å². The van der Waals surface area contributed by atoms with Crippen molar-refractivity contribution in [1.82, 2.24) is 34.9 Å². The minimum Gasteiger partial charge on any atom is -0.488 e. The molecule has 3 amide bonds. The summed E-state index contributed by atoms with van der Waals surface area (Å²) in [5, 5.41) is 18.5. The first kappa shape index (κ1) is 38.8. The standard InChI is InChI=1S/C43H47FN10O3.4H2/c1-28-11-13-31(14-12-28)54-40(23-37(52-54)43(2,3)4)51-42(56)49-34-15-16-36(33-10-6-5-9-32(33)34)57-27-29-17-18-45-38(22-29)50-39-25-47-35(24-48-39)41(55)46-19-21-53-20-7-8-30(44)26-53;;;;/h5-6,9-18,22-25,30H,7-8,19-21,26-27H2,1-4H3,(H,46,55)(H,45,48,50)(H2,49,51,56);4*1H. The highest BCUT2D eigenvalue weighted by Crippen LogP contribution is 2.33.